The highest BCUT2D eigenvalue weighted by Crippen LogP contribution is 2.24. The van der Waals surface area contributed by atoms with Crippen LogP contribution in [0.2, 0.25) is 0 Å². The third-order valence-electron chi connectivity index (χ3n) is 3.34. The van der Waals surface area contributed by atoms with E-state index in [1.54, 1.807) is 18.7 Å². The van der Waals surface area contributed by atoms with E-state index in [2.05, 4.69) is 5.32 Å². The predicted molar refractivity (Wildman–Crippen MR) is 71.1 cm³/mol. The summed E-state index contributed by atoms with van der Waals surface area (Å²) in [6.07, 6.45) is 0. The monoisotopic (exact) mass is 278 g/mol. The van der Waals surface area contributed by atoms with E-state index in [9.17, 15) is 19.2 Å². The summed E-state index contributed by atoms with van der Waals surface area (Å²) in [5.74, 6) is -0.532. The molecule has 1 aromatic carbocycles. The lowest BCUT2D eigenvalue weighted by molar-refractivity contribution is 0.159. The summed E-state index contributed by atoms with van der Waals surface area (Å²) in [7, 11) is 3.23. The van der Waals surface area contributed by atoms with Gasteiger partial charge < -0.3 is 15.1 Å². The Morgan fingerprint density at radius 2 is 1.90 bits per heavy atom. The number of rotatable bonds is 1. The highest BCUT2D eigenvalue weighted by atomic mass is 19.1. The van der Waals surface area contributed by atoms with Gasteiger partial charge in [0.2, 0.25) is 0 Å². The van der Waals surface area contributed by atoms with Gasteiger partial charge in [0.1, 0.15) is 11.5 Å². The van der Waals surface area contributed by atoms with Crippen LogP contribution in [0.25, 0.3) is 16.7 Å². The predicted octanol–water partition coefficient (Wildman–Crippen LogP) is 0.371. The van der Waals surface area contributed by atoms with E-state index in [4.69, 9.17) is 0 Å². The lowest BCUT2D eigenvalue weighted by atomic mass is 10.2. The van der Waals surface area contributed by atoms with Crippen molar-refractivity contribution in [2.75, 3.05) is 12.4 Å². The molecule has 0 aliphatic rings. The van der Waals surface area contributed by atoms with Gasteiger partial charge in [-0.1, -0.05) is 4.73 Å². The minimum Gasteiger partial charge on any atom is -0.421 e. The van der Waals surface area contributed by atoms with Crippen LogP contribution in [0.1, 0.15) is 0 Å². The smallest absolute Gasteiger partial charge is 0.370 e. The molecule has 2 aromatic heterocycles. The van der Waals surface area contributed by atoms with Crippen molar-refractivity contribution in [2.24, 2.45) is 7.05 Å². The minimum atomic E-state index is -0.935. The highest BCUT2D eigenvalue weighted by Gasteiger charge is 2.16. The number of anilines is 1. The molecule has 3 rings (SSSR count). The number of halogens is 1. The summed E-state index contributed by atoms with van der Waals surface area (Å²) in [6, 6.07) is 3.82. The second-order valence-corrected chi connectivity index (χ2v) is 4.40. The zero-order valence-corrected chi connectivity index (χ0v) is 10.7. The van der Waals surface area contributed by atoms with Crippen molar-refractivity contribution in [3.63, 3.8) is 0 Å². The van der Waals surface area contributed by atoms with Gasteiger partial charge in [0.05, 0.1) is 16.7 Å². The number of nitrogens with one attached hydrogen (secondary N) is 1. The summed E-state index contributed by atoms with van der Waals surface area (Å²) in [5, 5.41) is 12.1. The average Bonchev–Trinajstić information content (AvgIpc) is 2.68. The van der Waals surface area contributed by atoms with Crippen molar-refractivity contribution in [1.82, 2.24) is 13.7 Å². The molecule has 0 saturated heterocycles. The van der Waals surface area contributed by atoms with Gasteiger partial charge >= 0.3 is 5.69 Å². The molecule has 20 heavy (non-hydrogen) atoms. The Hall–Kier alpha value is -2.77. The topological polar surface area (TPSA) is 80.7 Å². The van der Waals surface area contributed by atoms with Gasteiger partial charge in [0.25, 0.3) is 5.56 Å². The third kappa shape index (κ3) is 1.38. The van der Waals surface area contributed by atoms with E-state index in [1.165, 1.54) is 12.1 Å². The molecule has 104 valence electrons. The summed E-state index contributed by atoms with van der Waals surface area (Å²) in [4.78, 5) is 23.4. The SMILES string of the molecule is CNc1cc2c(cc1F)n1c(=O)n(O)c(=O)cc1n2C. The molecule has 0 amide bonds. The molecular weight excluding hydrogens is 267 g/mol. The van der Waals surface area contributed by atoms with Crippen molar-refractivity contribution in [1.29, 1.82) is 0 Å². The lowest BCUT2D eigenvalue weighted by Crippen LogP contribution is -2.35. The van der Waals surface area contributed by atoms with E-state index in [0.29, 0.717) is 5.52 Å². The molecule has 2 N–H and O–H groups in total. The van der Waals surface area contributed by atoms with E-state index in [1.807, 2.05) is 0 Å². The lowest BCUT2D eigenvalue weighted by Gasteiger charge is -2.03. The Morgan fingerprint density at radius 3 is 2.55 bits per heavy atom. The van der Waals surface area contributed by atoms with Gasteiger partial charge in [-0.25, -0.2) is 13.6 Å². The van der Waals surface area contributed by atoms with Crippen LogP contribution in [0.4, 0.5) is 10.1 Å². The van der Waals surface area contributed by atoms with Crippen LogP contribution in [0, 0.1) is 5.82 Å². The van der Waals surface area contributed by atoms with Gasteiger partial charge in [-0.3, -0.25) is 4.79 Å². The standard InChI is InChI=1S/C12H11FN4O3/c1-14-7-4-8-9(3-6(7)13)16-10(15(8)2)5-11(18)17(20)12(16)19/h3-5,14,20H,1-2H3. The second kappa shape index (κ2) is 3.86. The number of hydrogen-bond donors (Lipinski definition) is 2. The molecule has 3 aromatic rings. The molecule has 0 aliphatic heterocycles. The molecule has 0 fully saturated rings. The van der Waals surface area contributed by atoms with E-state index < -0.39 is 17.1 Å². The number of aryl methyl sites for hydroxylation is 1. The van der Waals surface area contributed by atoms with E-state index in [0.717, 1.165) is 10.5 Å². The second-order valence-electron chi connectivity index (χ2n) is 4.40. The Morgan fingerprint density at radius 1 is 1.20 bits per heavy atom. The Bertz CT molecular complexity index is 967. The Labute approximate surface area is 111 Å². The van der Waals surface area contributed by atoms with Crippen molar-refractivity contribution in [3.05, 3.63) is 44.9 Å². The van der Waals surface area contributed by atoms with Crippen LogP contribution in [-0.2, 0) is 7.05 Å². The summed E-state index contributed by atoms with van der Waals surface area (Å²) in [5.41, 5.74) is -0.404. The van der Waals surface area contributed by atoms with Crippen LogP contribution in [-0.4, -0.2) is 26.0 Å². The quantitative estimate of drug-likeness (QED) is 0.630. The molecule has 2 heterocycles. The summed E-state index contributed by atoms with van der Waals surface area (Å²) >= 11 is 0. The molecule has 0 saturated carbocycles. The molecule has 8 heteroatoms. The van der Waals surface area contributed by atoms with Gasteiger partial charge in [-0.2, -0.15) is 0 Å². The normalized spacial score (nSPS) is 11.3. The number of benzene rings is 1. The largest absolute Gasteiger partial charge is 0.421 e. The van der Waals surface area contributed by atoms with Crippen LogP contribution in [0.15, 0.2) is 27.8 Å². The fraction of sp³-hybridized carbons (Fsp3) is 0.167. The maximum absolute atomic E-state index is 13.9. The zero-order valence-electron chi connectivity index (χ0n) is 10.7. The first-order valence-electron chi connectivity index (χ1n) is 5.79. The molecule has 0 spiro atoms. The van der Waals surface area contributed by atoms with Gasteiger partial charge in [-0.15, -0.1) is 0 Å². The Balaban J connectivity index is 2.66. The highest BCUT2D eigenvalue weighted by molar-refractivity contribution is 5.84. The number of hydrogen-bond acceptors (Lipinski definition) is 4. The number of aromatic nitrogens is 3. The third-order valence-corrected chi connectivity index (χ3v) is 3.34. The summed E-state index contributed by atoms with van der Waals surface area (Å²) in [6.45, 7) is 0. The minimum absolute atomic E-state index is 0.00364. The first-order valence-corrected chi connectivity index (χ1v) is 5.79. The first kappa shape index (κ1) is 12.3. The zero-order chi connectivity index (χ0) is 14.6. The van der Waals surface area contributed by atoms with Crippen LogP contribution < -0.4 is 16.6 Å². The molecule has 0 bridgehead atoms. The van der Waals surface area contributed by atoms with Crippen molar-refractivity contribution < 1.29 is 9.60 Å². The van der Waals surface area contributed by atoms with E-state index >= 15 is 0 Å². The molecule has 7 nitrogen and oxygen atoms in total. The molecule has 0 unspecified atom stereocenters. The molecule has 0 atom stereocenters. The molecule has 0 radical (unpaired) electrons. The number of fused-ring (bicyclic) bond motifs is 3. The average molecular weight is 278 g/mol. The Kier molecular flexibility index (Phi) is 2.37. The maximum atomic E-state index is 13.9. The van der Waals surface area contributed by atoms with Crippen molar-refractivity contribution >= 4 is 22.4 Å². The first-order chi connectivity index (χ1) is 9.45. The summed E-state index contributed by atoms with van der Waals surface area (Å²) < 4.78 is 16.5. The van der Waals surface area contributed by atoms with Crippen LogP contribution in [0.5, 0.6) is 0 Å². The van der Waals surface area contributed by atoms with Crippen molar-refractivity contribution in [3.8, 4) is 0 Å². The fourth-order valence-corrected chi connectivity index (χ4v) is 2.31. The van der Waals surface area contributed by atoms with Gasteiger partial charge in [0, 0.05) is 26.2 Å². The van der Waals surface area contributed by atoms with Crippen LogP contribution in [0.3, 0.4) is 0 Å². The molecule has 0 aliphatic carbocycles. The van der Waals surface area contributed by atoms with Crippen molar-refractivity contribution in [2.45, 2.75) is 0 Å². The number of nitrogens with zero attached hydrogens (tertiary/aromatic N) is 3. The van der Waals surface area contributed by atoms with E-state index in [-0.39, 0.29) is 21.6 Å². The fourth-order valence-electron chi connectivity index (χ4n) is 2.31. The van der Waals surface area contributed by atoms with Gasteiger partial charge in [-0.05, 0) is 6.07 Å². The van der Waals surface area contributed by atoms with Gasteiger partial charge in [0.15, 0.2) is 0 Å². The maximum Gasteiger partial charge on any atom is 0.370 e. The number of imidazole rings is 1. The molecular formula is C12H11FN4O3. The van der Waals surface area contributed by atoms with Crippen LogP contribution >= 0.6 is 0 Å².